The molecule has 2 rings (SSSR count). The summed E-state index contributed by atoms with van der Waals surface area (Å²) in [6.07, 6.45) is 1.68. The van der Waals surface area contributed by atoms with Crippen molar-refractivity contribution in [3.63, 3.8) is 0 Å². The van der Waals surface area contributed by atoms with Gasteiger partial charge in [0.05, 0.1) is 11.4 Å². The summed E-state index contributed by atoms with van der Waals surface area (Å²) in [6.45, 7) is 10.0. The van der Waals surface area contributed by atoms with Crippen LogP contribution in [0.4, 0.5) is 0 Å². The van der Waals surface area contributed by atoms with Crippen LogP contribution in [0.1, 0.15) is 55.9 Å². The highest BCUT2D eigenvalue weighted by atomic mass is 16.2. The number of carbonyl (C=O) groups excluding carboxylic acids is 1. The van der Waals surface area contributed by atoms with Crippen LogP contribution in [-0.4, -0.2) is 53.0 Å². The molecule has 0 saturated heterocycles. The summed E-state index contributed by atoms with van der Waals surface area (Å²) in [5.41, 5.74) is 3.62. The molecule has 1 N–H and O–H groups in total. The van der Waals surface area contributed by atoms with Gasteiger partial charge in [-0.25, -0.2) is 4.68 Å². The SMILES string of the molecule is CCCc1c(C(=O)N(C)CCNC)nnn1-c1ccc(C(C)(C)C)cc1. The van der Waals surface area contributed by atoms with Crippen LogP contribution in [0.5, 0.6) is 0 Å². The Hall–Kier alpha value is -2.21. The van der Waals surface area contributed by atoms with Gasteiger partial charge in [0, 0.05) is 20.1 Å². The van der Waals surface area contributed by atoms with Gasteiger partial charge in [-0.15, -0.1) is 5.10 Å². The fourth-order valence-electron chi connectivity index (χ4n) is 2.80. The first-order valence-electron chi connectivity index (χ1n) is 9.25. The van der Waals surface area contributed by atoms with Crippen LogP contribution < -0.4 is 5.32 Å². The zero-order valence-electron chi connectivity index (χ0n) is 16.8. The van der Waals surface area contributed by atoms with Crippen LogP contribution in [0.15, 0.2) is 24.3 Å². The molecule has 0 unspecified atom stereocenters. The highest BCUT2D eigenvalue weighted by molar-refractivity contribution is 5.93. The first-order valence-corrected chi connectivity index (χ1v) is 9.25. The maximum atomic E-state index is 12.8. The van der Waals surface area contributed by atoms with E-state index in [0.29, 0.717) is 12.2 Å². The largest absolute Gasteiger partial charge is 0.339 e. The Morgan fingerprint density at radius 1 is 1.23 bits per heavy atom. The quantitative estimate of drug-likeness (QED) is 0.828. The van der Waals surface area contributed by atoms with Crippen molar-refractivity contribution in [2.45, 2.75) is 46.0 Å². The Balaban J connectivity index is 2.35. The van der Waals surface area contributed by atoms with Crippen molar-refractivity contribution in [3.8, 4) is 5.69 Å². The van der Waals surface area contributed by atoms with Crippen molar-refractivity contribution in [1.82, 2.24) is 25.2 Å². The summed E-state index contributed by atoms with van der Waals surface area (Å²) < 4.78 is 1.80. The lowest BCUT2D eigenvalue weighted by Crippen LogP contribution is -2.33. The number of aromatic nitrogens is 3. The molecule has 2 aromatic rings. The number of nitrogens with one attached hydrogen (secondary N) is 1. The number of nitrogens with zero attached hydrogens (tertiary/aromatic N) is 4. The van der Waals surface area contributed by atoms with Gasteiger partial charge in [-0.1, -0.05) is 51.5 Å². The summed E-state index contributed by atoms with van der Waals surface area (Å²) in [6, 6.07) is 8.33. The number of hydrogen-bond acceptors (Lipinski definition) is 4. The third-order valence-electron chi connectivity index (χ3n) is 4.47. The molecule has 0 aliphatic rings. The number of hydrogen-bond donors (Lipinski definition) is 1. The minimum atomic E-state index is -0.0822. The van der Waals surface area contributed by atoms with Gasteiger partial charge in [0.2, 0.25) is 0 Å². The first kappa shape index (κ1) is 20.1. The van der Waals surface area contributed by atoms with Gasteiger partial charge in [0.15, 0.2) is 5.69 Å². The summed E-state index contributed by atoms with van der Waals surface area (Å²) in [5.74, 6) is -0.0822. The number of amides is 1. The minimum Gasteiger partial charge on any atom is -0.339 e. The van der Waals surface area contributed by atoms with Crippen LogP contribution in [0.2, 0.25) is 0 Å². The maximum Gasteiger partial charge on any atom is 0.276 e. The second kappa shape index (κ2) is 8.45. The van der Waals surface area contributed by atoms with Crippen molar-refractivity contribution in [2.24, 2.45) is 0 Å². The Bertz CT molecular complexity index is 728. The van der Waals surface area contributed by atoms with E-state index in [0.717, 1.165) is 30.8 Å². The van der Waals surface area contributed by atoms with Crippen LogP contribution >= 0.6 is 0 Å². The molecular formula is C20H31N5O. The van der Waals surface area contributed by atoms with E-state index in [1.807, 2.05) is 19.2 Å². The first-order chi connectivity index (χ1) is 12.3. The Morgan fingerprint density at radius 2 is 1.88 bits per heavy atom. The van der Waals surface area contributed by atoms with Gasteiger partial charge in [0.1, 0.15) is 0 Å². The molecule has 0 fully saturated rings. The molecule has 26 heavy (non-hydrogen) atoms. The number of rotatable bonds is 7. The van der Waals surface area contributed by atoms with E-state index in [2.05, 4.69) is 55.5 Å². The fourth-order valence-corrected chi connectivity index (χ4v) is 2.80. The summed E-state index contributed by atoms with van der Waals surface area (Å²) in [7, 11) is 3.67. The van der Waals surface area contributed by atoms with Crippen LogP contribution in [0.3, 0.4) is 0 Å². The minimum absolute atomic E-state index is 0.0822. The predicted molar refractivity (Wildman–Crippen MR) is 105 cm³/mol. The van der Waals surface area contributed by atoms with Crippen molar-refractivity contribution in [1.29, 1.82) is 0 Å². The van der Waals surface area contributed by atoms with Crippen molar-refractivity contribution < 1.29 is 4.79 Å². The van der Waals surface area contributed by atoms with E-state index >= 15 is 0 Å². The molecule has 6 nitrogen and oxygen atoms in total. The molecule has 1 aromatic carbocycles. The molecule has 6 heteroatoms. The highest BCUT2D eigenvalue weighted by Crippen LogP contribution is 2.24. The molecule has 0 spiro atoms. The Morgan fingerprint density at radius 3 is 2.42 bits per heavy atom. The third-order valence-corrected chi connectivity index (χ3v) is 4.47. The molecular weight excluding hydrogens is 326 g/mol. The molecule has 1 amide bonds. The van der Waals surface area contributed by atoms with Gasteiger partial charge in [-0.2, -0.15) is 0 Å². The average Bonchev–Trinajstić information content (AvgIpc) is 3.02. The second-order valence-electron chi connectivity index (χ2n) is 7.67. The van der Waals surface area contributed by atoms with Crippen LogP contribution in [-0.2, 0) is 11.8 Å². The smallest absolute Gasteiger partial charge is 0.276 e. The predicted octanol–water partition coefficient (Wildman–Crippen LogP) is 2.81. The van der Waals surface area contributed by atoms with Crippen LogP contribution in [0.25, 0.3) is 5.69 Å². The molecule has 1 aromatic heterocycles. The number of likely N-dealkylation sites (N-methyl/N-ethyl adjacent to an activating group) is 2. The van der Waals surface area contributed by atoms with E-state index in [1.165, 1.54) is 5.56 Å². The monoisotopic (exact) mass is 357 g/mol. The Labute approximate surface area is 156 Å². The summed E-state index contributed by atoms with van der Waals surface area (Å²) >= 11 is 0. The normalized spacial score (nSPS) is 11.6. The average molecular weight is 358 g/mol. The number of carbonyl (C=O) groups is 1. The van der Waals surface area contributed by atoms with E-state index in [1.54, 1.807) is 16.6 Å². The van der Waals surface area contributed by atoms with E-state index in [4.69, 9.17) is 0 Å². The molecule has 142 valence electrons. The molecule has 0 radical (unpaired) electrons. The molecule has 1 heterocycles. The summed E-state index contributed by atoms with van der Waals surface area (Å²) in [5, 5.41) is 11.6. The van der Waals surface area contributed by atoms with Gasteiger partial charge >= 0.3 is 0 Å². The zero-order chi connectivity index (χ0) is 19.3. The molecule has 0 aliphatic heterocycles. The fraction of sp³-hybridized carbons (Fsp3) is 0.550. The standard InChI is InChI=1S/C20H31N5O/c1-7-8-17-18(19(26)24(6)14-13-21-5)22-23-25(17)16-11-9-15(10-12-16)20(2,3)4/h9-12,21H,7-8,13-14H2,1-6H3. The molecule has 0 saturated carbocycles. The van der Waals surface area contributed by atoms with Gasteiger partial charge in [-0.3, -0.25) is 4.79 Å². The maximum absolute atomic E-state index is 12.8. The van der Waals surface area contributed by atoms with Crippen molar-refractivity contribution in [2.75, 3.05) is 27.2 Å². The van der Waals surface area contributed by atoms with Crippen molar-refractivity contribution >= 4 is 5.91 Å². The second-order valence-corrected chi connectivity index (χ2v) is 7.67. The summed E-state index contributed by atoms with van der Waals surface area (Å²) in [4.78, 5) is 14.4. The van der Waals surface area contributed by atoms with Crippen LogP contribution in [0, 0.1) is 0 Å². The highest BCUT2D eigenvalue weighted by Gasteiger charge is 2.23. The molecule has 0 aliphatic carbocycles. The van der Waals surface area contributed by atoms with Crippen molar-refractivity contribution in [3.05, 3.63) is 41.2 Å². The topological polar surface area (TPSA) is 63.1 Å². The van der Waals surface area contributed by atoms with E-state index < -0.39 is 0 Å². The zero-order valence-corrected chi connectivity index (χ0v) is 16.8. The third kappa shape index (κ3) is 4.49. The lowest BCUT2D eigenvalue weighted by atomic mass is 9.87. The Kier molecular flexibility index (Phi) is 6.53. The van der Waals surface area contributed by atoms with Gasteiger partial charge < -0.3 is 10.2 Å². The number of benzene rings is 1. The van der Waals surface area contributed by atoms with Gasteiger partial charge in [-0.05, 0) is 36.6 Å². The molecule has 0 bridgehead atoms. The lowest BCUT2D eigenvalue weighted by Gasteiger charge is -2.19. The van der Waals surface area contributed by atoms with Gasteiger partial charge in [0.25, 0.3) is 5.91 Å². The lowest BCUT2D eigenvalue weighted by molar-refractivity contribution is 0.0790. The van der Waals surface area contributed by atoms with E-state index in [-0.39, 0.29) is 11.3 Å². The van der Waals surface area contributed by atoms with E-state index in [9.17, 15) is 4.79 Å². The molecule has 0 atom stereocenters.